The first-order valence-electron chi connectivity index (χ1n) is 6.15. The predicted molar refractivity (Wildman–Crippen MR) is 67.7 cm³/mol. The summed E-state index contributed by atoms with van der Waals surface area (Å²) in [5.74, 6) is 0.881. The Bertz CT molecular complexity index is 230. The molecule has 0 atom stereocenters. The summed E-state index contributed by atoms with van der Waals surface area (Å²) in [7, 11) is 0. The fourth-order valence-corrected chi connectivity index (χ4v) is 2.12. The molecule has 0 aromatic heterocycles. The van der Waals surface area contributed by atoms with E-state index in [1.165, 1.54) is 11.8 Å². The van der Waals surface area contributed by atoms with Gasteiger partial charge in [-0.2, -0.15) is 24.9 Å². The van der Waals surface area contributed by atoms with Gasteiger partial charge in [-0.05, 0) is 32.4 Å². The second kappa shape index (κ2) is 9.53. The molecule has 0 N–H and O–H groups in total. The number of hydrogen-bond donors (Lipinski definition) is 0. The molecule has 0 radical (unpaired) electrons. The van der Waals surface area contributed by atoms with Gasteiger partial charge in [-0.3, -0.25) is 4.79 Å². The molecule has 108 valence electrons. The number of thioether (sulfide) groups is 1. The Labute approximate surface area is 111 Å². The first-order valence-corrected chi connectivity index (χ1v) is 7.30. The van der Waals surface area contributed by atoms with E-state index >= 15 is 0 Å². The molecule has 0 bridgehead atoms. The van der Waals surface area contributed by atoms with Crippen LogP contribution in [0.5, 0.6) is 0 Å². The van der Waals surface area contributed by atoms with E-state index in [0.717, 1.165) is 18.6 Å². The monoisotopic (exact) mass is 286 g/mol. The van der Waals surface area contributed by atoms with Crippen LogP contribution in [0.15, 0.2) is 0 Å². The first-order chi connectivity index (χ1) is 8.31. The van der Waals surface area contributed by atoms with E-state index in [4.69, 9.17) is 4.74 Å². The highest BCUT2D eigenvalue weighted by molar-refractivity contribution is 7.99. The molecule has 0 amide bonds. The van der Waals surface area contributed by atoms with Crippen molar-refractivity contribution in [1.29, 1.82) is 0 Å². The SMILES string of the molecule is CC(C)OC(=O)CSCCCCCCC(F)(F)F. The van der Waals surface area contributed by atoms with Gasteiger partial charge in [0, 0.05) is 6.42 Å². The fourth-order valence-electron chi connectivity index (χ4n) is 1.34. The molecule has 0 aliphatic carbocycles. The molecule has 0 saturated heterocycles. The molecule has 0 heterocycles. The molecular formula is C12H21F3O2S. The van der Waals surface area contributed by atoms with Crippen molar-refractivity contribution in [2.45, 2.75) is 58.2 Å². The highest BCUT2D eigenvalue weighted by Crippen LogP contribution is 2.23. The Morgan fingerprint density at radius 3 is 2.33 bits per heavy atom. The Hall–Kier alpha value is -0.390. The van der Waals surface area contributed by atoms with Crippen LogP contribution >= 0.6 is 11.8 Å². The van der Waals surface area contributed by atoms with E-state index in [9.17, 15) is 18.0 Å². The van der Waals surface area contributed by atoms with Crippen molar-refractivity contribution < 1.29 is 22.7 Å². The van der Waals surface area contributed by atoms with Gasteiger partial charge in [0.1, 0.15) is 0 Å². The van der Waals surface area contributed by atoms with Crippen molar-refractivity contribution in [3.63, 3.8) is 0 Å². The third-order valence-electron chi connectivity index (χ3n) is 2.09. The Morgan fingerprint density at radius 1 is 1.17 bits per heavy atom. The van der Waals surface area contributed by atoms with Crippen molar-refractivity contribution in [3.8, 4) is 0 Å². The van der Waals surface area contributed by atoms with Crippen LogP contribution in [0.1, 0.15) is 46.0 Å². The number of hydrogen-bond acceptors (Lipinski definition) is 3. The second-order valence-electron chi connectivity index (χ2n) is 4.37. The molecule has 0 aromatic carbocycles. The number of esters is 1. The zero-order chi connectivity index (χ0) is 14.0. The van der Waals surface area contributed by atoms with Crippen LogP contribution < -0.4 is 0 Å². The molecule has 0 aliphatic rings. The average Bonchev–Trinajstić information content (AvgIpc) is 2.19. The molecule has 0 unspecified atom stereocenters. The van der Waals surface area contributed by atoms with E-state index in [2.05, 4.69) is 0 Å². The summed E-state index contributed by atoms with van der Waals surface area (Å²) < 4.78 is 40.4. The summed E-state index contributed by atoms with van der Waals surface area (Å²) >= 11 is 1.47. The van der Waals surface area contributed by atoms with Crippen LogP contribution in [-0.2, 0) is 9.53 Å². The van der Waals surface area contributed by atoms with E-state index in [0.29, 0.717) is 12.2 Å². The maximum absolute atomic E-state index is 11.8. The van der Waals surface area contributed by atoms with E-state index in [1.807, 2.05) is 0 Å². The third kappa shape index (κ3) is 13.7. The zero-order valence-electron chi connectivity index (χ0n) is 10.9. The molecule has 0 saturated carbocycles. The van der Waals surface area contributed by atoms with Crippen molar-refractivity contribution in [2.75, 3.05) is 11.5 Å². The van der Waals surface area contributed by atoms with Crippen LogP contribution in [0.3, 0.4) is 0 Å². The minimum absolute atomic E-state index is 0.0968. The lowest BCUT2D eigenvalue weighted by molar-refractivity contribution is -0.144. The lowest BCUT2D eigenvalue weighted by atomic mass is 10.1. The summed E-state index contributed by atoms with van der Waals surface area (Å²) in [6.07, 6.45) is -2.41. The average molecular weight is 286 g/mol. The number of ether oxygens (including phenoxy) is 1. The lowest BCUT2D eigenvalue weighted by Gasteiger charge is -2.07. The minimum atomic E-state index is -4.03. The van der Waals surface area contributed by atoms with Gasteiger partial charge in [-0.25, -0.2) is 0 Å². The number of carbonyl (C=O) groups excluding carboxylic acids is 1. The standard InChI is InChI=1S/C12H21F3O2S/c1-10(2)17-11(16)9-18-8-6-4-3-5-7-12(13,14)15/h10H,3-9H2,1-2H3. The van der Waals surface area contributed by atoms with Crippen LogP contribution in [0.2, 0.25) is 0 Å². The fraction of sp³-hybridized carbons (Fsp3) is 0.917. The van der Waals surface area contributed by atoms with Crippen LogP contribution in [-0.4, -0.2) is 29.8 Å². The quantitative estimate of drug-likeness (QED) is 0.470. The van der Waals surface area contributed by atoms with E-state index in [1.54, 1.807) is 13.8 Å². The highest BCUT2D eigenvalue weighted by atomic mass is 32.2. The van der Waals surface area contributed by atoms with Gasteiger partial charge in [0.25, 0.3) is 0 Å². The number of rotatable bonds is 9. The van der Waals surface area contributed by atoms with Gasteiger partial charge < -0.3 is 4.74 Å². The number of alkyl halides is 3. The van der Waals surface area contributed by atoms with E-state index in [-0.39, 0.29) is 18.5 Å². The summed E-state index contributed by atoms with van der Waals surface area (Å²) in [6, 6.07) is 0. The maximum atomic E-state index is 11.8. The van der Waals surface area contributed by atoms with Gasteiger partial charge in [0.2, 0.25) is 0 Å². The van der Waals surface area contributed by atoms with Crippen molar-refractivity contribution >= 4 is 17.7 Å². The normalized spacial score (nSPS) is 11.9. The second-order valence-corrected chi connectivity index (χ2v) is 5.48. The Morgan fingerprint density at radius 2 is 1.78 bits per heavy atom. The van der Waals surface area contributed by atoms with E-state index < -0.39 is 12.6 Å². The third-order valence-corrected chi connectivity index (χ3v) is 3.10. The van der Waals surface area contributed by atoms with Gasteiger partial charge in [-0.15, -0.1) is 0 Å². The maximum Gasteiger partial charge on any atom is 0.389 e. The van der Waals surface area contributed by atoms with Crippen LogP contribution in [0.25, 0.3) is 0 Å². The highest BCUT2D eigenvalue weighted by Gasteiger charge is 2.25. The predicted octanol–water partition coefficient (Wildman–Crippen LogP) is 4.18. The molecule has 0 rings (SSSR count). The molecule has 0 aromatic rings. The summed E-state index contributed by atoms with van der Waals surface area (Å²) in [5.41, 5.74) is 0. The first kappa shape index (κ1) is 17.6. The smallest absolute Gasteiger partial charge is 0.389 e. The summed E-state index contributed by atoms with van der Waals surface area (Å²) in [5, 5.41) is 0. The number of carbonyl (C=O) groups is 1. The van der Waals surface area contributed by atoms with Gasteiger partial charge >= 0.3 is 12.1 Å². The summed E-state index contributed by atoms with van der Waals surface area (Å²) in [4.78, 5) is 11.1. The molecule has 0 fully saturated rings. The molecule has 2 nitrogen and oxygen atoms in total. The zero-order valence-corrected chi connectivity index (χ0v) is 11.7. The van der Waals surface area contributed by atoms with Gasteiger partial charge in [0.15, 0.2) is 0 Å². The van der Waals surface area contributed by atoms with Crippen molar-refractivity contribution in [3.05, 3.63) is 0 Å². The van der Waals surface area contributed by atoms with Gasteiger partial charge in [0.05, 0.1) is 11.9 Å². The topological polar surface area (TPSA) is 26.3 Å². The van der Waals surface area contributed by atoms with Gasteiger partial charge in [-0.1, -0.05) is 12.8 Å². The Balaban J connectivity index is 3.24. The molecule has 6 heteroatoms. The van der Waals surface area contributed by atoms with Crippen molar-refractivity contribution in [2.24, 2.45) is 0 Å². The largest absolute Gasteiger partial charge is 0.462 e. The summed E-state index contributed by atoms with van der Waals surface area (Å²) in [6.45, 7) is 3.59. The molecule has 0 spiro atoms. The minimum Gasteiger partial charge on any atom is -0.462 e. The van der Waals surface area contributed by atoms with Crippen molar-refractivity contribution in [1.82, 2.24) is 0 Å². The van der Waals surface area contributed by atoms with Crippen LogP contribution in [0.4, 0.5) is 13.2 Å². The molecular weight excluding hydrogens is 265 g/mol. The Kier molecular flexibility index (Phi) is 9.32. The van der Waals surface area contributed by atoms with Crippen LogP contribution in [0, 0.1) is 0 Å². The lowest BCUT2D eigenvalue weighted by Crippen LogP contribution is -2.13. The number of unbranched alkanes of at least 4 members (excludes halogenated alkanes) is 3. The molecule has 18 heavy (non-hydrogen) atoms. The number of halogens is 3. The molecule has 0 aliphatic heterocycles.